The van der Waals surface area contributed by atoms with Crippen molar-refractivity contribution < 1.29 is 27.4 Å². The summed E-state index contributed by atoms with van der Waals surface area (Å²) in [6.45, 7) is -0.946. The minimum Gasteiger partial charge on any atom is -0.437 e. The molecule has 0 radical (unpaired) electrons. The summed E-state index contributed by atoms with van der Waals surface area (Å²) in [5, 5.41) is 21.2. The van der Waals surface area contributed by atoms with Gasteiger partial charge in [0.05, 0.1) is 12.7 Å². The van der Waals surface area contributed by atoms with Crippen LogP contribution in [0.5, 0.6) is 11.6 Å². The summed E-state index contributed by atoms with van der Waals surface area (Å²) in [5.41, 5.74) is -4.97. The lowest BCUT2D eigenvalue weighted by molar-refractivity contribution is -0.207. The Balaban J connectivity index is 1.70. The second-order valence-electron chi connectivity index (χ2n) is 6.86. The lowest BCUT2D eigenvalue weighted by Gasteiger charge is -2.35. The second kappa shape index (κ2) is 8.83. The molecule has 4 rings (SSSR count). The van der Waals surface area contributed by atoms with Crippen molar-refractivity contribution in [3.8, 4) is 11.6 Å². The van der Waals surface area contributed by atoms with Gasteiger partial charge < -0.3 is 9.84 Å². The molecule has 0 saturated heterocycles. The fraction of sp³-hybridized carbons (Fsp3) is 0.150. The SMILES string of the molecule is OC(Cn1cnnn1)(c1ccc(F)cc1F)C(F)(F)c1ccc(Oc2ccc(Br)cn2)cn1. The van der Waals surface area contributed by atoms with E-state index in [0.717, 1.165) is 39.9 Å². The van der Waals surface area contributed by atoms with Crippen molar-refractivity contribution in [2.24, 2.45) is 0 Å². The molecule has 1 atom stereocenters. The van der Waals surface area contributed by atoms with Gasteiger partial charge in [-0.2, -0.15) is 8.78 Å². The predicted octanol–water partition coefficient (Wildman–Crippen LogP) is 3.98. The monoisotopic (exact) mass is 524 g/mol. The highest BCUT2D eigenvalue weighted by Crippen LogP contribution is 2.46. The fourth-order valence-corrected chi connectivity index (χ4v) is 3.28. The predicted molar refractivity (Wildman–Crippen MR) is 108 cm³/mol. The molecule has 0 aliphatic rings. The van der Waals surface area contributed by atoms with Crippen molar-refractivity contribution in [2.45, 2.75) is 18.1 Å². The van der Waals surface area contributed by atoms with E-state index in [4.69, 9.17) is 4.74 Å². The van der Waals surface area contributed by atoms with Crippen molar-refractivity contribution >= 4 is 15.9 Å². The third-order valence-electron chi connectivity index (χ3n) is 4.66. The summed E-state index contributed by atoms with van der Waals surface area (Å²) in [4.78, 5) is 7.71. The van der Waals surface area contributed by atoms with Crippen LogP contribution in [0.15, 0.2) is 65.7 Å². The van der Waals surface area contributed by atoms with Gasteiger partial charge in [-0.15, -0.1) is 5.10 Å². The van der Waals surface area contributed by atoms with Gasteiger partial charge in [-0.05, 0) is 56.7 Å². The molecule has 1 aromatic carbocycles. The first-order chi connectivity index (χ1) is 15.7. The molecule has 13 heteroatoms. The van der Waals surface area contributed by atoms with Gasteiger partial charge in [0.1, 0.15) is 29.4 Å². The van der Waals surface area contributed by atoms with Crippen LogP contribution in [-0.4, -0.2) is 35.3 Å². The van der Waals surface area contributed by atoms with E-state index in [1.54, 1.807) is 12.1 Å². The minimum absolute atomic E-state index is 0.0985. The number of aliphatic hydroxyl groups is 1. The van der Waals surface area contributed by atoms with Gasteiger partial charge in [0.25, 0.3) is 0 Å². The van der Waals surface area contributed by atoms with E-state index in [9.17, 15) is 13.9 Å². The van der Waals surface area contributed by atoms with Crippen molar-refractivity contribution in [1.82, 2.24) is 30.2 Å². The molecule has 33 heavy (non-hydrogen) atoms. The molecule has 0 amide bonds. The first-order valence-corrected chi connectivity index (χ1v) is 10.0. The van der Waals surface area contributed by atoms with Crippen molar-refractivity contribution in [3.63, 3.8) is 0 Å². The maximum Gasteiger partial charge on any atom is 0.323 e. The van der Waals surface area contributed by atoms with E-state index < -0.39 is 41.0 Å². The zero-order valence-electron chi connectivity index (χ0n) is 16.4. The molecule has 170 valence electrons. The van der Waals surface area contributed by atoms with Crippen LogP contribution in [0.3, 0.4) is 0 Å². The number of ether oxygens (including phenoxy) is 1. The third-order valence-corrected chi connectivity index (χ3v) is 5.13. The molecule has 0 spiro atoms. The number of alkyl halides is 2. The van der Waals surface area contributed by atoms with E-state index in [1.807, 2.05) is 0 Å². The van der Waals surface area contributed by atoms with Crippen LogP contribution in [0, 0.1) is 11.6 Å². The Morgan fingerprint density at radius 2 is 1.85 bits per heavy atom. The molecule has 0 bridgehead atoms. The Morgan fingerprint density at radius 1 is 1.03 bits per heavy atom. The first-order valence-electron chi connectivity index (χ1n) is 9.21. The van der Waals surface area contributed by atoms with E-state index in [1.165, 1.54) is 12.3 Å². The smallest absolute Gasteiger partial charge is 0.323 e. The van der Waals surface area contributed by atoms with Crippen molar-refractivity contribution in [3.05, 3.63) is 88.6 Å². The molecule has 4 aromatic rings. The molecular formula is C20H13BrF4N6O2. The van der Waals surface area contributed by atoms with E-state index in [-0.39, 0.29) is 11.6 Å². The molecule has 1 N–H and O–H groups in total. The molecular weight excluding hydrogens is 512 g/mol. The van der Waals surface area contributed by atoms with Gasteiger partial charge in [0, 0.05) is 28.4 Å². The standard InChI is InChI=1S/C20H13BrF4N6O2/c21-12-1-6-18(27-8-12)33-14-3-5-17(26-9-14)20(24,25)19(32,10-31-11-28-29-30-31)15-4-2-13(22)7-16(15)23/h1-9,11,32H,10H2. The molecule has 3 heterocycles. The summed E-state index contributed by atoms with van der Waals surface area (Å²) >= 11 is 3.23. The third kappa shape index (κ3) is 4.54. The number of tetrazole rings is 1. The molecule has 0 saturated carbocycles. The highest BCUT2D eigenvalue weighted by Gasteiger charge is 2.58. The average molecular weight is 525 g/mol. The Hall–Kier alpha value is -3.45. The van der Waals surface area contributed by atoms with Gasteiger partial charge >= 0.3 is 5.92 Å². The van der Waals surface area contributed by atoms with Crippen LogP contribution in [0.1, 0.15) is 11.3 Å². The molecule has 0 fully saturated rings. The van der Waals surface area contributed by atoms with Crippen molar-refractivity contribution in [2.75, 3.05) is 0 Å². The molecule has 8 nitrogen and oxygen atoms in total. The zero-order valence-corrected chi connectivity index (χ0v) is 18.0. The highest BCUT2D eigenvalue weighted by atomic mass is 79.9. The highest BCUT2D eigenvalue weighted by molar-refractivity contribution is 9.10. The first kappa shape index (κ1) is 22.7. The number of pyridine rings is 2. The van der Waals surface area contributed by atoms with Gasteiger partial charge in [-0.1, -0.05) is 0 Å². The Kier molecular flexibility index (Phi) is 6.08. The molecule has 1 unspecified atom stereocenters. The number of hydrogen-bond acceptors (Lipinski definition) is 7. The number of halogens is 5. The normalized spacial score (nSPS) is 13.5. The summed E-state index contributed by atoms with van der Waals surface area (Å²) in [6, 6.07) is 7.22. The van der Waals surface area contributed by atoms with E-state index in [0.29, 0.717) is 6.07 Å². The maximum atomic E-state index is 15.7. The number of benzene rings is 1. The Morgan fingerprint density at radius 3 is 2.45 bits per heavy atom. The van der Waals surface area contributed by atoms with Gasteiger partial charge in [0.2, 0.25) is 5.88 Å². The van der Waals surface area contributed by atoms with Crippen LogP contribution in [0.25, 0.3) is 0 Å². The lowest BCUT2D eigenvalue weighted by atomic mass is 9.84. The number of rotatable bonds is 7. The Bertz CT molecular complexity index is 1240. The second-order valence-corrected chi connectivity index (χ2v) is 7.78. The van der Waals surface area contributed by atoms with Crippen LogP contribution in [-0.2, 0) is 18.1 Å². The fourth-order valence-electron chi connectivity index (χ4n) is 3.05. The zero-order chi connectivity index (χ0) is 23.6. The summed E-state index contributed by atoms with van der Waals surface area (Å²) < 4.78 is 66.2. The largest absolute Gasteiger partial charge is 0.437 e. The van der Waals surface area contributed by atoms with Crippen molar-refractivity contribution in [1.29, 1.82) is 0 Å². The van der Waals surface area contributed by atoms with Crippen LogP contribution in [0.4, 0.5) is 17.6 Å². The van der Waals surface area contributed by atoms with Crippen LogP contribution in [0.2, 0.25) is 0 Å². The quantitative estimate of drug-likeness (QED) is 0.365. The van der Waals surface area contributed by atoms with Gasteiger partial charge in [-0.3, -0.25) is 4.98 Å². The molecule has 0 aliphatic carbocycles. The van der Waals surface area contributed by atoms with E-state index in [2.05, 4.69) is 41.4 Å². The molecule has 0 aliphatic heterocycles. The van der Waals surface area contributed by atoms with Gasteiger partial charge in [-0.25, -0.2) is 18.4 Å². The number of nitrogens with zero attached hydrogens (tertiary/aromatic N) is 6. The van der Waals surface area contributed by atoms with Crippen LogP contribution < -0.4 is 4.74 Å². The van der Waals surface area contributed by atoms with Crippen LogP contribution >= 0.6 is 15.9 Å². The summed E-state index contributed by atoms with van der Waals surface area (Å²) in [5.74, 6) is -6.23. The molecule has 3 aromatic heterocycles. The number of aromatic nitrogens is 6. The summed E-state index contributed by atoms with van der Waals surface area (Å²) in [6.07, 6.45) is 3.46. The summed E-state index contributed by atoms with van der Waals surface area (Å²) in [7, 11) is 0. The maximum absolute atomic E-state index is 15.7. The average Bonchev–Trinajstić information content (AvgIpc) is 3.28. The Labute approximate surface area is 192 Å². The number of hydrogen-bond donors (Lipinski definition) is 1. The lowest BCUT2D eigenvalue weighted by Crippen LogP contribution is -2.48. The van der Waals surface area contributed by atoms with E-state index >= 15 is 8.78 Å². The minimum atomic E-state index is -4.16. The topological polar surface area (TPSA) is 98.8 Å². The van der Waals surface area contributed by atoms with Gasteiger partial charge in [0.15, 0.2) is 5.60 Å².